The van der Waals surface area contributed by atoms with Gasteiger partial charge in [0, 0.05) is 6.61 Å². The van der Waals surface area contributed by atoms with Crippen LogP contribution in [-0.2, 0) is 9.84 Å². The second kappa shape index (κ2) is 10.5. The van der Waals surface area contributed by atoms with E-state index in [0.29, 0.717) is 0 Å². The van der Waals surface area contributed by atoms with Crippen molar-refractivity contribution >= 4 is 14.5 Å². The lowest BCUT2D eigenvalue weighted by atomic mass is 9.68. The lowest BCUT2D eigenvalue weighted by Gasteiger charge is -2.34. The van der Waals surface area contributed by atoms with Crippen LogP contribution in [0.15, 0.2) is 97.1 Å². The topological polar surface area (TPSA) is 78.8 Å². The SMILES string of the molecule is C[Si]1(C)CCCCO1.O=C([O-])Oc1ccc(C2(c3ccc(O)cc3)c3ccccc3-c3ccccc32)cc1. The van der Waals surface area contributed by atoms with Gasteiger partial charge < -0.3 is 24.2 Å². The lowest BCUT2D eigenvalue weighted by molar-refractivity contribution is -0.271. The van der Waals surface area contributed by atoms with Crippen molar-refractivity contribution in [2.45, 2.75) is 37.4 Å². The summed E-state index contributed by atoms with van der Waals surface area (Å²) < 4.78 is 10.3. The number of phenols is 1. The van der Waals surface area contributed by atoms with Crippen molar-refractivity contribution in [3.05, 3.63) is 119 Å². The van der Waals surface area contributed by atoms with Gasteiger partial charge in [0.15, 0.2) is 8.32 Å². The first-order chi connectivity index (χ1) is 18.3. The van der Waals surface area contributed by atoms with Gasteiger partial charge in [-0.2, -0.15) is 0 Å². The van der Waals surface area contributed by atoms with Crippen LogP contribution in [-0.4, -0.2) is 26.2 Å². The van der Waals surface area contributed by atoms with E-state index in [1.807, 2.05) is 48.5 Å². The summed E-state index contributed by atoms with van der Waals surface area (Å²) in [4.78, 5) is 10.8. The molecule has 1 N–H and O–H groups in total. The number of carbonyl (C=O) groups excluding carboxylic acids is 1. The molecule has 38 heavy (non-hydrogen) atoms. The Bertz CT molecular complexity index is 1370. The van der Waals surface area contributed by atoms with E-state index >= 15 is 0 Å². The molecule has 0 aromatic heterocycles. The Morgan fingerprint density at radius 2 is 1.34 bits per heavy atom. The molecule has 1 fully saturated rings. The van der Waals surface area contributed by atoms with Crippen LogP contribution in [0.25, 0.3) is 11.1 Å². The summed E-state index contributed by atoms with van der Waals surface area (Å²) in [6.45, 7) is 5.62. The van der Waals surface area contributed by atoms with E-state index in [1.54, 1.807) is 24.3 Å². The highest BCUT2D eigenvalue weighted by Gasteiger charge is 2.45. The molecule has 4 aromatic rings. The number of benzene rings is 4. The zero-order valence-electron chi connectivity index (χ0n) is 21.6. The summed E-state index contributed by atoms with van der Waals surface area (Å²) >= 11 is 0. The zero-order valence-corrected chi connectivity index (χ0v) is 22.6. The van der Waals surface area contributed by atoms with Crippen molar-refractivity contribution in [2.75, 3.05) is 6.61 Å². The third-order valence-corrected chi connectivity index (χ3v) is 9.95. The normalized spacial score (nSPS) is 16.4. The summed E-state index contributed by atoms with van der Waals surface area (Å²) in [6.07, 6.45) is 1.10. The number of hydrogen-bond donors (Lipinski definition) is 1. The molecule has 0 amide bonds. The number of ether oxygens (including phenoxy) is 1. The summed E-state index contributed by atoms with van der Waals surface area (Å²) in [5.74, 6) is 0.408. The Morgan fingerprint density at radius 1 is 0.816 bits per heavy atom. The molecule has 0 bridgehead atoms. The Balaban J connectivity index is 0.000000316. The van der Waals surface area contributed by atoms with Crippen molar-refractivity contribution in [3.8, 4) is 22.6 Å². The van der Waals surface area contributed by atoms with E-state index in [0.717, 1.165) is 40.0 Å². The Labute approximate surface area is 224 Å². The first-order valence-electron chi connectivity index (χ1n) is 12.9. The van der Waals surface area contributed by atoms with Gasteiger partial charge in [0.1, 0.15) is 5.75 Å². The number of hydrogen-bond acceptors (Lipinski definition) is 5. The number of carboxylic acid groups (broad SMARTS) is 1. The Hall–Kier alpha value is -3.87. The van der Waals surface area contributed by atoms with Crippen molar-refractivity contribution in [1.29, 1.82) is 0 Å². The van der Waals surface area contributed by atoms with Crippen LogP contribution >= 0.6 is 0 Å². The molecule has 194 valence electrons. The van der Waals surface area contributed by atoms with Crippen LogP contribution in [0.2, 0.25) is 19.1 Å². The van der Waals surface area contributed by atoms with Crippen LogP contribution in [0.4, 0.5) is 4.79 Å². The maximum Gasteiger partial charge on any atom is 0.257 e. The maximum absolute atomic E-state index is 10.8. The first-order valence-corrected chi connectivity index (χ1v) is 16.0. The van der Waals surface area contributed by atoms with E-state index in [9.17, 15) is 15.0 Å². The maximum atomic E-state index is 10.8. The molecule has 6 rings (SSSR count). The minimum Gasteiger partial charge on any atom is -0.514 e. The minimum absolute atomic E-state index is 0.200. The van der Waals surface area contributed by atoms with Gasteiger partial charge in [-0.3, -0.25) is 0 Å². The molecular formula is C32H31O5Si-. The van der Waals surface area contributed by atoms with E-state index in [4.69, 9.17) is 9.16 Å². The summed E-state index contributed by atoms with van der Waals surface area (Å²) in [7, 11) is -1.09. The van der Waals surface area contributed by atoms with Crippen LogP contribution in [0, 0.1) is 0 Å². The lowest BCUT2D eigenvalue weighted by Crippen LogP contribution is -2.33. The summed E-state index contributed by atoms with van der Waals surface area (Å²) in [6, 6.07) is 32.2. The predicted octanol–water partition coefficient (Wildman–Crippen LogP) is 6.48. The molecule has 0 radical (unpaired) electrons. The third-order valence-electron chi connectivity index (χ3n) is 7.41. The standard InChI is InChI=1S/C26H18O4.C6H14OSi/c27-19-13-9-17(10-14-19)26(18-11-15-20(16-12-18)30-25(28)29)23-7-3-1-5-21(23)22-6-2-4-8-24(22)26;1-8(2)6-4-3-5-7-8/h1-16,27H,(H,28,29);3-6H2,1-2H3/p-1. The molecule has 6 heteroatoms. The highest BCUT2D eigenvalue weighted by atomic mass is 28.4. The average Bonchev–Trinajstić information content (AvgIpc) is 3.21. The number of carbonyl (C=O) groups is 1. The van der Waals surface area contributed by atoms with Crippen molar-refractivity contribution in [2.24, 2.45) is 0 Å². The molecule has 1 heterocycles. The summed E-state index contributed by atoms with van der Waals surface area (Å²) in [5.41, 5.74) is 5.92. The van der Waals surface area contributed by atoms with Gasteiger partial charge >= 0.3 is 0 Å². The quantitative estimate of drug-likeness (QED) is 0.166. The van der Waals surface area contributed by atoms with E-state index in [2.05, 4.69) is 37.4 Å². The number of rotatable bonds is 3. The number of phenolic OH excluding ortho intramolecular Hbond substituents is 1. The van der Waals surface area contributed by atoms with Gasteiger partial charge in [-0.05, 0) is 83.2 Å². The fourth-order valence-corrected chi connectivity index (χ4v) is 7.62. The highest BCUT2D eigenvalue weighted by molar-refractivity contribution is 6.71. The second-order valence-electron chi connectivity index (χ2n) is 10.3. The molecule has 0 unspecified atom stereocenters. The fourth-order valence-electron chi connectivity index (χ4n) is 5.68. The third kappa shape index (κ3) is 4.85. The molecule has 0 spiro atoms. The number of aromatic hydroxyl groups is 1. The van der Waals surface area contributed by atoms with E-state index < -0.39 is 19.9 Å². The van der Waals surface area contributed by atoms with Crippen LogP contribution in [0.3, 0.4) is 0 Å². The van der Waals surface area contributed by atoms with Crippen molar-refractivity contribution in [3.63, 3.8) is 0 Å². The molecular weight excluding hydrogens is 492 g/mol. The minimum atomic E-state index is -1.59. The monoisotopic (exact) mass is 523 g/mol. The molecule has 1 saturated heterocycles. The van der Waals surface area contributed by atoms with Gasteiger partial charge in [0.2, 0.25) is 0 Å². The largest absolute Gasteiger partial charge is 0.514 e. The fraction of sp³-hybridized carbons (Fsp3) is 0.219. The zero-order chi connectivity index (χ0) is 26.8. The second-order valence-corrected chi connectivity index (χ2v) is 14.6. The van der Waals surface area contributed by atoms with Gasteiger partial charge in [0.05, 0.1) is 11.2 Å². The number of fused-ring (bicyclic) bond motifs is 3. The van der Waals surface area contributed by atoms with Crippen LogP contribution in [0.5, 0.6) is 11.5 Å². The van der Waals surface area contributed by atoms with Crippen LogP contribution < -0.4 is 9.84 Å². The van der Waals surface area contributed by atoms with E-state index in [1.165, 1.54) is 18.9 Å². The molecule has 4 aromatic carbocycles. The molecule has 0 atom stereocenters. The van der Waals surface area contributed by atoms with E-state index in [-0.39, 0.29) is 11.5 Å². The molecule has 1 aliphatic carbocycles. The van der Waals surface area contributed by atoms with Gasteiger partial charge in [0.25, 0.3) is 6.16 Å². The predicted molar refractivity (Wildman–Crippen MR) is 149 cm³/mol. The smallest absolute Gasteiger partial charge is 0.257 e. The van der Waals surface area contributed by atoms with Crippen molar-refractivity contribution in [1.82, 2.24) is 0 Å². The molecule has 0 saturated carbocycles. The Kier molecular flexibility index (Phi) is 7.10. The molecule has 5 nitrogen and oxygen atoms in total. The Morgan fingerprint density at radius 3 is 1.79 bits per heavy atom. The molecule has 2 aliphatic rings. The first kappa shape index (κ1) is 25.8. The highest BCUT2D eigenvalue weighted by Crippen LogP contribution is 2.56. The van der Waals surface area contributed by atoms with Gasteiger partial charge in [-0.15, -0.1) is 0 Å². The summed E-state index contributed by atoms with van der Waals surface area (Å²) in [5, 5.41) is 20.7. The molecule has 1 aliphatic heterocycles. The van der Waals surface area contributed by atoms with Crippen LogP contribution in [0.1, 0.15) is 35.1 Å². The van der Waals surface area contributed by atoms with Gasteiger partial charge in [-0.25, -0.2) is 0 Å². The average molecular weight is 524 g/mol. The van der Waals surface area contributed by atoms with Crippen molar-refractivity contribution < 1.29 is 24.2 Å². The van der Waals surface area contributed by atoms with Gasteiger partial charge in [-0.1, -0.05) is 79.2 Å².